The first-order chi connectivity index (χ1) is 9.01. The van der Waals surface area contributed by atoms with E-state index in [0.29, 0.717) is 30.5 Å². The van der Waals surface area contributed by atoms with Crippen LogP contribution in [0.5, 0.6) is 0 Å². The molecule has 0 bridgehead atoms. The molecule has 0 saturated heterocycles. The van der Waals surface area contributed by atoms with Gasteiger partial charge in [0.25, 0.3) is 0 Å². The van der Waals surface area contributed by atoms with Gasteiger partial charge < -0.3 is 11.1 Å². The summed E-state index contributed by atoms with van der Waals surface area (Å²) in [5.74, 6) is 0.897. The number of nitrogens with one attached hydrogen (secondary N) is 1. The molecule has 0 aliphatic carbocycles. The predicted octanol–water partition coefficient (Wildman–Crippen LogP) is 2.97. The van der Waals surface area contributed by atoms with Crippen LogP contribution in [0.3, 0.4) is 0 Å². The van der Waals surface area contributed by atoms with Crippen molar-refractivity contribution in [1.82, 2.24) is 5.32 Å². The summed E-state index contributed by atoms with van der Waals surface area (Å²) < 4.78 is 0. The zero-order valence-electron chi connectivity index (χ0n) is 11.7. The Labute approximate surface area is 120 Å². The molecule has 1 atom stereocenters. The van der Waals surface area contributed by atoms with Crippen LogP contribution < -0.4 is 11.1 Å². The molecule has 0 aliphatic heterocycles. The van der Waals surface area contributed by atoms with E-state index in [9.17, 15) is 4.79 Å². The van der Waals surface area contributed by atoms with Gasteiger partial charge in [0, 0.05) is 18.0 Å². The molecule has 1 amide bonds. The summed E-state index contributed by atoms with van der Waals surface area (Å²) in [5, 5.41) is 3.62. The maximum Gasteiger partial charge on any atom is 0.220 e. The summed E-state index contributed by atoms with van der Waals surface area (Å²) in [5.41, 5.74) is 6.75. The van der Waals surface area contributed by atoms with Crippen LogP contribution in [-0.2, 0) is 11.3 Å². The summed E-state index contributed by atoms with van der Waals surface area (Å²) >= 11 is 5.81. The van der Waals surface area contributed by atoms with Crippen LogP contribution >= 0.6 is 11.6 Å². The highest BCUT2D eigenvalue weighted by Gasteiger charge is 2.13. The number of halogens is 1. The van der Waals surface area contributed by atoms with Gasteiger partial charge >= 0.3 is 0 Å². The van der Waals surface area contributed by atoms with Crippen LogP contribution in [0.2, 0.25) is 5.02 Å². The standard InChI is InChI=1S/C15H23ClN2O/c1-11(2)7-13(9-17)8-15(19)18-10-12-3-5-14(16)6-4-12/h3-6,11,13H,7-10,17H2,1-2H3,(H,18,19). The molecule has 0 heterocycles. The van der Waals surface area contributed by atoms with Gasteiger partial charge in [-0.05, 0) is 42.5 Å². The monoisotopic (exact) mass is 282 g/mol. The fraction of sp³-hybridized carbons (Fsp3) is 0.533. The third kappa shape index (κ3) is 6.60. The maximum atomic E-state index is 11.8. The van der Waals surface area contributed by atoms with Gasteiger partial charge in [0.05, 0.1) is 0 Å². The molecule has 3 nitrogen and oxygen atoms in total. The number of carbonyl (C=O) groups excluding carboxylic acids is 1. The van der Waals surface area contributed by atoms with Gasteiger partial charge in [0.15, 0.2) is 0 Å². The topological polar surface area (TPSA) is 55.1 Å². The molecule has 0 saturated carbocycles. The van der Waals surface area contributed by atoms with Gasteiger partial charge in [-0.25, -0.2) is 0 Å². The number of hydrogen-bond donors (Lipinski definition) is 2. The Morgan fingerprint density at radius 2 is 1.95 bits per heavy atom. The maximum absolute atomic E-state index is 11.8. The van der Waals surface area contributed by atoms with E-state index >= 15 is 0 Å². The van der Waals surface area contributed by atoms with Crippen molar-refractivity contribution in [3.05, 3.63) is 34.9 Å². The highest BCUT2D eigenvalue weighted by molar-refractivity contribution is 6.30. The molecule has 1 rings (SSSR count). The van der Waals surface area contributed by atoms with Crippen LogP contribution in [0.4, 0.5) is 0 Å². The Morgan fingerprint density at radius 3 is 2.47 bits per heavy atom. The Bertz CT molecular complexity index is 390. The third-order valence-electron chi connectivity index (χ3n) is 3.02. The number of carbonyl (C=O) groups is 1. The van der Waals surface area contributed by atoms with Crippen molar-refractivity contribution in [2.45, 2.75) is 33.2 Å². The fourth-order valence-corrected chi connectivity index (χ4v) is 2.19. The van der Waals surface area contributed by atoms with Gasteiger partial charge in [0.1, 0.15) is 0 Å². The molecule has 1 aromatic rings. The summed E-state index contributed by atoms with van der Waals surface area (Å²) in [6.45, 7) is 5.39. The van der Waals surface area contributed by atoms with Gasteiger partial charge in [-0.1, -0.05) is 37.6 Å². The highest BCUT2D eigenvalue weighted by Crippen LogP contribution is 2.14. The average Bonchev–Trinajstić information content (AvgIpc) is 2.36. The summed E-state index contributed by atoms with van der Waals surface area (Å²) in [6, 6.07) is 7.48. The number of hydrogen-bond acceptors (Lipinski definition) is 2. The highest BCUT2D eigenvalue weighted by atomic mass is 35.5. The SMILES string of the molecule is CC(C)CC(CN)CC(=O)NCc1ccc(Cl)cc1. The van der Waals surface area contributed by atoms with E-state index in [-0.39, 0.29) is 11.8 Å². The molecular formula is C15H23ClN2O. The second kappa shape index (κ2) is 8.18. The molecule has 4 heteroatoms. The smallest absolute Gasteiger partial charge is 0.220 e. The van der Waals surface area contributed by atoms with Crippen molar-refractivity contribution in [3.63, 3.8) is 0 Å². The minimum Gasteiger partial charge on any atom is -0.352 e. The molecule has 1 aromatic carbocycles. The lowest BCUT2D eigenvalue weighted by Crippen LogP contribution is -2.28. The first kappa shape index (κ1) is 16.0. The second-order valence-electron chi connectivity index (χ2n) is 5.34. The van der Waals surface area contributed by atoms with Crippen molar-refractivity contribution in [2.75, 3.05) is 6.54 Å². The zero-order valence-corrected chi connectivity index (χ0v) is 12.4. The van der Waals surface area contributed by atoms with Crippen LogP contribution in [0.1, 0.15) is 32.3 Å². The molecule has 19 heavy (non-hydrogen) atoms. The van der Waals surface area contributed by atoms with Crippen LogP contribution in [-0.4, -0.2) is 12.5 Å². The largest absolute Gasteiger partial charge is 0.352 e. The summed E-state index contributed by atoms with van der Waals surface area (Å²) in [7, 11) is 0. The summed E-state index contributed by atoms with van der Waals surface area (Å²) in [4.78, 5) is 11.8. The quantitative estimate of drug-likeness (QED) is 0.808. The van der Waals surface area contributed by atoms with Gasteiger partial charge in [-0.3, -0.25) is 4.79 Å². The predicted molar refractivity (Wildman–Crippen MR) is 79.9 cm³/mol. The van der Waals surface area contributed by atoms with E-state index < -0.39 is 0 Å². The fourth-order valence-electron chi connectivity index (χ4n) is 2.07. The van der Waals surface area contributed by atoms with Gasteiger partial charge in [0.2, 0.25) is 5.91 Å². The first-order valence-electron chi connectivity index (χ1n) is 6.72. The van der Waals surface area contributed by atoms with Crippen molar-refractivity contribution >= 4 is 17.5 Å². The normalized spacial score (nSPS) is 12.5. The molecule has 0 spiro atoms. The van der Waals surface area contributed by atoms with E-state index in [1.807, 2.05) is 24.3 Å². The van der Waals surface area contributed by atoms with Crippen LogP contribution in [0.25, 0.3) is 0 Å². The number of nitrogens with two attached hydrogens (primary N) is 1. The molecule has 3 N–H and O–H groups in total. The lowest BCUT2D eigenvalue weighted by Gasteiger charge is -2.16. The van der Waals surface area contributed by atoms with E-state index in [1.165, 1.54) is 0 Å². The number of amides is 1. The Kier molecular flexibility index (Phi) is 6.89. The van der Waals surface area contributed by atoms with Crippen molar-refractivity contribution in [3.8, 4) is 0 Å². The Balaban J connectivity index is 2.36. The van der Waals surface area contributed by atoms with Crippen molar-refractivity contribution in [1.29, 1.82) is 0 Å². The number of rotatable bonds is 7. The van der Waals surface area contributed by atoms with E-state index in [4.69, 9.17) is 17.3 Å². The molecule has 0 fully saturated rings. The lowest BCUT2D eigenvalue weighted by atomic mass is 9.94. The van der Waals surface area contributed by atoms with Crippen LogP contribution in [0, 0.1) is 11.8 Å². The van der Waals surface area contributed by atoms with Gasteiger partial charge in [-0.2, -0.15) is 0 Å². The summed E-state index contributed by atoms with van der Waals surface area (Å²) in [6.07, 6.45) is 1.49. The van der Waals surface area contributed by atoms with Gasteiger partial charge in [-0.15, -0.1) is 0 Å². The molecule has 0 aliphatic rings. The van der Waals surface area contributed by atoms with Crippen molar-refractivity contribution in [2.24, 2.45) is 17.6 Å². The molecular weight excluding hydrogens is 260 g/mol. The first-order valence-corrected chi connectivity index (χ1v) is 7.10. The minimum absolute atomic E-state index is 0.0612. The molecule has 1 unspecified atom stereocenters. The van der Waals surface area contributed by atoms with Crippen LogP contribution in [0.15, 0.2) is 24.3 Å². The second-order valence-corrected chi connectivity index (χ2v) is 5.78. The van der Waals surface area contributed by atoms with Crippen molar-refractivity contribution < 1.29 is 4.79 Å². The lowest BCUT2D eigenvalue weighted by molar-refractivity contribution is -0.122. The molecule has 0 radical (unpaired) electrons. The average molecular weight is 283 g/mol. The van der Waals surface area contributed by atoms with E-state index in [1.54, 1.807) is 0 Å². The third-order valence-corrected chi connectivity index (χ3v) is 3.27. The molecule has 0 aromatic heterocycles. The van der Waals surface area contributed by atoms with E-state index in [0.717, 1.165) is 12.0 Å². The Morgan fingerprint density at radius 1 is 1.32 bits per heavy atom. The minimum atomic E-state index is 0.0612. The van der Waals surface area contributed by atoms with E-state index in [2.05, 4.69) is 19.2 Å². The molecule has 106 valence electrons. The number of benzene rings is 1. The Hall–Kier alpha value is -1.06. The zero-order chi connectivity index (χ0) is 14.3.